The summed E-state index contributed by atoms with van der Waals surface area (Å²) in [7, 11) is 0. The first-order chi connectivity index (χ1) is 7.81. The van der Waals surface area contributed by atoms with Crippen molar-refractivity contribution in [1.29, 1.82) is 0 Å². The van der Waals surface area contributed by atoms with Crippen molar-refractivity contribution >= 4 is 0 Å². The molecule has 0 fully saturated rings. The quantitative estimate of drug-likeness (QED) is 0.855. The molecule has 0 aliphatic rings. The van der Waals surface area contributed by atoms with E-state index < -0.39 is 0 Å². The van der Waals surface area contributed by atoms with Crippen molar-refractivity contribution in [2.45, 2.75) is 19.8 Å². The molecule has 0 amide bonds. The van der Waals surface area contributed by atoms with Crippen LogP contribution in [-0.4, -0.2) is 21.6 Å². The molecule has 2 aromatic rings. The maximum Gasteiger partial charge on any atom is 0.137 e. The summed E-state index contributed by atoms with van der Waals surface area (Å²) < 4.78 is 5.35. The fourth-order valence-corrected chi connectivity index (χ4v) is 1.56. The Morgan fingerprint density at radius 3 is 2.81 bits per heavy atom. The van der Waals surface area contributed by atoms with Crippen LogP contribution in [0.5, 0.6) is 5.75 Å². The first-order valence-electron chi connectivity index (χ1n) is 5.38. The highest BCUT2D eigenvalue weighted by Gasteiger charge is 2.10. The molecule has 0 spiro atoms. The Balaban J connectivity index is 2.15. The average molecular weight is 217 g/mol. The van der Waals surface area contributed by atoms with E-state index in [4.69, 9.17) is 4.74 Å². The molecule has 4 heteroatoms. The van der Waals surface area contributed by atoms with Crippen molar-refractivity contribution in [3.63, 3.8) is 0 Å². The minimum Gasteiger partial charge on any atom is -0.492 e. The smallest absolute Gasteiger partial charge is 0.137 e. The normalized spacial score (nSPS) is 12.4. The van der Waals surface area contributed by atoms with Crippen LogP contribution >= 0.6 is 0 Å². The summed E-state index contributed by atoms with van der Waals surface area (Å²) in [6.45, 7) is 4.72. The van der Waals surface area contributed by atoms with Gasteiger partial charge >= 0.3 is 0 Å². The summed E-state index contributed by atoms with van der Waals surface area (Å²) >= 11 is 0. The SMILES string of the molecule is CCOc1ccc([C@H](C)c2cnc[nH]2)nc1. The number of hydrogen-bond donors (Lipinski definition) is 1. The van der Waals surface area contributed by atoms with Crippen molar-refractivity contribution in [2.75, 3.05) is 6.61 Å². The second-order valence-electron chi connectivity index (χ2n) is 3.58. The van der Waals surface area contributed by atoms with Gasteiger partial charge in [0.05, 0.1) is 19.1 Å². The second kappa shape index (κ2) is 4.79. The number of H-pyrrole nitrogens is 1. The number of ether oxygens (including phenoxy) is 1. The Bertz CT molecular complexity index is 422. The third-order valence-corrected chi connectivity index (χ3v) is 2.50. The molecule has 0 aliphatic carbocycles. The van der Waals surface area contributed by atoms with Crippen LogP contribution in [0.1, 0.15) is 31.2 Å². The summed E-state index contributed by atoms with van der Waals surface area (Å²) in [6.07, 6.45) is 5.26. The standard InChI is InChI=1S/C12H15N3O/c1-3-16-10-4-5-11(14-6-10)9(2)12-7-13-8-15-12/h4-9H,3H2,1-2H3,(H,13,15)/t9-/m0/s1. The molecule has 2 rings (SSSR count). The first kappa shape index (κ1) is 10.7. The number of rotatable bonds is 4. The molecule has 0 aromatic carbocycles. The molecule has 1 N–H and O–H groups in total. The topological polar surface area (TPSA) is 50.8 Å². The van der Waals surface area contributed by atoms with E-state index in [0.717, 1.165) is 17.1 Å². The van der Waals surface area contributed by atoms with Gasteiger partial charge in [0, 0.05) is 23.5 Å². The van der Waals surface area contributed by atoms with Crippen molar-refractivity contribution in [1.82, 2.24) is 15.0 Å². The van der Waals surface area contributed by atoms with Gasteiger partial charge in [-0.05, 0) is 19.1 Å². The van der Waals surface area contributed by atoms with Gasteiger partial charge in [0.1, 0.15) is 5.75 Å². The molecule has 2 aromatic heterocycles. The largest absolute Gasteiger partial charge is 0.492 e. The molecule has 2 heterocycles. The summed E-state index contributed by atoms with van der Waals surface area (Å²) in [5.74, 6) is 1.03. The molecule has 84 valence electrons. The fourth-order valence-electron chi connectivity index (χ4n) is 1.56. The average Bonchev–Trinajstić information content (AvgIpc) is 2.83. The lowest BCUT2D eigenvalue weighted by Crippen LogP contribution is -2.00. The zero-order valence-corrected chi connectivity index (χ0v) is 9.47. The van der Waals surface area contributed by atoms with Gasteiger partial charge in [-0.3, -0.25) is 4.98 Å². The van der Waals surface area contributed by atoms with E-state index >= 15 is 0 Å². The maximum absolute atomic E-state index is 5.35. The monoisotopic (exact) mass is 217 g/mol. The predicted molar refractivity (Wildman–Crippen MR) is 61.5 cm³/mol. The molecule has 1 atom stereocenters. The Morgan fingerprint density at radius 2 is 2.25 bits per heavy atom. The molecule has 0 aliphatic heterocycles. The van der Waals surface area contributed by atoms with Crippen LogP contribution < -0.4 is 4.74 Å². The highest BCUT2D eigenvalue weighted by Crippen LogP contribution is 2.21. The van der Waals surface area contributed by atoms with Crippen LogP contribution in [0.15, 0.2) is 30.9 Å². The lowest BCUT2D eigenvalue weighted by molar-refractivity contribution is 0.338. The van der Waals surface area contributed by atoms with Crippen LogP contribution in [0, 0.1) is 0 Å². The lowest BCUT2D eigenvalue weighted by Gasteiger charge is -2.09. The molecule has 0 bridgehead atoms. The van der Waals surface area contributed by atoms with Gasteiger partial charge < -0.3 is 9.72 Å². The third kappa shape index (κ3) is 2.21. The number of aromatic amines is 1. The van der Waals surface area contributed by atoms with Crippen molar-refractivity contribution in [3.05, 3.63) is 42.2 Å². The summed E-state index contributed by atoms with van der Waals surface area (Å²) in [5, 5.41) is 0. The maximum atomic E-state index is 5.35. The van der Waals surface area contributed by atoms with Crippen LogP contribution in [0.25, 0.3) is 0 Å². The Hall–Kier alpha value is -1.84. The van der Waals surface area contributed by atoms with E-state index in [-0.39, 0.29) is 5.92 Å². The van der Waals surface area contributed by atoms with E-state index in [1.54, 1.807) is 12.5 Å². The lowest BCUT2D eigenvalue weighted by atomic mass is 10.0. The molecule has 16 heavy (non-hydrogen) atoms. The van der Waals surface area contributed by atoms with E-state index in [1.165, 1.54) is 0 Å². The Morgan fingerprint density at radius 1 is 1.38 bits per heavy atom. The van der Waals surface area contributed by atoms with Crippen molar-refractivity contribution < 1.29 is 4.74 Å². The van der Waals surface area contributed by atoms with E-state index in [2.05, 4.69) is 21.9 Å². The fraction of sp³-hybridized carbons (Fsp3) is 0.333. The molecule has 0 radical (unpaired) electrons. The highest BCUT2D eigenvalue weighted by molar-refractivity contribution is 5.25. The molecular weight excluding hydrogens is 202 g/mol. The van der Waals surface area contributed by atoms with Crippen LogP contribution in [0.4, 0.5) is 0 Å². The van der Waals surface area contributed by atoms with Crippen LogP contribution in [-0.2, 0) is 0 Å². The van der Waals surface area contributed by atoms with Gasteiger partial charge in [-0.1, -0.05) is 6.92 Å². The van der Waals surface area contributed by atoms with Gasteiger partial charge in [0.15, 0.2) is 0 Å². The van der Waals surface area contributed by atoms with Gasteiger partial charge in [-0.15, -0.1) is 0 Å². The number of imidazole rings is 1. The van der Waals surface area contributed by atoms with Crippen molar-refractivity contribution in [2.24, 2.45) is 0 Å². The number of pyridine rings is 1. The Labute approximate surface area is 94.7 Å². The van der Waals surface area contributed by atoms with Crippen molar-refractivity contribution in [3.8, 4) is 5.75 Å². The predicted octanol–water partition coefficient (Wildman–Crippen LogP) is 2.36. The highest BCUT2D eigenvalue weighted by atomic mass is 16.5. The minimum atomic E-state index is 0.221. The van der Waals surface area contributed by atoms with Gasteiger partial charge in [0.25, 0.3) is 0 Å². The summed E-state index contributed by atoms with van der Waals surface area (Å²) in [5.41, 5.74) is 2.07. The number of hydrogen-bond acceptors (Lipinski definition) is 3. The minimum absolute atomic E-state index is 0.221. The van der Waals surface area contributed by atoms with E-state index in [9.17, 15) is 0 Å². The zero-order valence-electron chi connectivity index (χ0n) is 9.47. The van der Waals surface area contributed by atoms with Gasteiger partial charge in [0.2, 0.25) is 0 Å². The third-order valence-electron chi connectivity index (χ3n) is 2.50. The summed E-state index contributed by atoms with van der Waals surface area (Å²) in [4.78, 5) is 11.5. The zero-order chi connectivity index (χ0) is 11.4. The van der Waals surface area contributed by atoms with E-state index in [1.807, 2.05) is 25.3 Å². The molecular formula is C12H15N3O. The van der Waals surface area contributed by atoms with Gasteiger partial charge in [-0.2, -0.15) is 0 Å². The molecule has 4 nitrogen and oxygen atoms in total. The van der Waals surface area contributed by atoms with Crippen LogP contribution in [0.3, 0.4) is 0 Å². The second-order valence-corrected chi connectivity index (χ2v) is 3.58. The molecule has 0 unspecified atom stereocenters. The van der Waals surface area contributed by atoms with E-state index in [0.29, 0.717) is 6.61 Å². The van der Waals surface area contributed by atoms with Gasteiger partial charge in [-0.25, -0.2) is 4.98 Å². The molecule has 0 saturated carbocycles. The number of nitrogens with one attached hydrogen (secondary N) is 1. The molecule has 0 saturated heterocycles. The summed E-state index contributed by atoms with van der Waals surface area (Å²) in [6, 6.07) is 3.93. The number of aromatic nitrogens is 3. The first-order valence-corrected chi connectivity index (χ1v) is 5.38. The Kier molecular flexibility index (Phi) is 3.19. The number of nitrogens with zero attached hydrogens (tertiary/aromatic N) is 2. The van der Waals surface area contributed by atoms with Crippen LogP contribution in [0.2, 0.25) is 0 Å².